The van der Waals surface area contributed by atoms with Gasteiger partial charge in [-0.1, -0.05) is 6.07 Å². The Hall–Kier alpha value is -4.18. The lowest BCUT2D eigenvalue weighted by Crippen LogP contribution is -2.43. The van der Waals surface area contributed by atoms with Gasteiger partial charge in [-0.15, -0.1) is 0 Å². The van der Waals surface area contributed by atoms with Crippen LogP contribution in [0.1, 0.15) is 10.4 Å². The molecule has 10 heteroatoms. The molecule has 1 saturated heterocycles. The first-order valence-corrected chi connectivity index (χ1v) is 10.9. The minimum atomic E-state index is -1.30. The number of carbonyl (C=O) groups excluding carboxylic acids is 1. The average molecular weight is 479 g/mol. The van der Waals surface area contributed by atoms with E-state index in [1.54, 1.807) is 24.4 Å². The molecule has 1 aliphatic rings. The number of nitrogens with one attached hydrogen (secondary N) is 2. The third-order valence-electron chi connectivity index (χ3n) is 5.55. The van der Waals surface area contributed by atoms with E-state index in [0.717, 1.165) is 38.1 Å². The van der Waals surface area contributed by atoms with Crippen LogP contribution in [-0.2, 0) is 0 Å². The molecule has 3 aromatic carbocycles. The second-order valence-corrected chi connectivity index (χ2v) is 7.92. The Labute approximate surface area is 198 Å². The molecule has 1 aliphatic heterocycles. The van der Waals surface area contributed by atoms with Crippen molar-refractivity contribution in [2.75, 3.05) is 36.4 Å². The van der Waals surface area contributed by atoms with Crippen LogP contribution in [0.4, 0.5) is 24.7 Å². The highest BCUT2D eigenvalue weighted by atomic mass is 19.2. The summed E-state index contributed by atoms with van der Waals surface area (Å²) in [6, 6.07) is 12.1. The van der Waals surface area contributed by atoms with E-state index in [-0.39, 0.29) is 17.1 Å². The van der Waals surface area contributed by atoms with Crippen molar-refractivity contribution < 1.29 is 22.7 Å². The van der Waals surface area contributed by atoms with Gasteiger partial charge in [0.05, 0.1) is 22.9 Å². The molecule has 4 aromatic rings. The zero-order valence-electron chi connectivity index (χ0n) is 18.4. The number of piperazine rings is 1. The average Bonchev–Trinajstić information content (AvgIpc) is 2.88. The second-order valence-electron chi connectivity index (χ2n) is 7.92. The maximum atomic E-state index is 14.7. The first kappa shape index (κ1) is 22.6. The Morgan fingerprint density at radius 2 is 1.80 bits per heavy atom. The summed E-state index contributed by atoms with van der Waals surface area (Å²) in [7, 11) is 0. The van der Waals surface area contributed by atoms with Crippen LogP contribution in [0.3, 0.4) is 0 Å². The van der Waals surface area contributed by atoms with Gasteiger partial charge in [-0.05, 0) is 42.5 Å². The van der Waals surface area contributed by atoms with Crippen molar-refractivity contribution in [3.63, 3.8) is 0 Å². The molecule has 0 unspecified atom stereocenters. The lowest BCUT2D eigenvalue weighted by molar-refractivity contribution is 0.102. The molecule has 1 aromatic heterocycles. The molecule has 2 heterocycles. The fourth-order valence-electron chi connectivity index (χ4n) is 3.75. The van der Waals surface area contributed by atoms with Crippen molar-refractivity contribution in [3.8, 4) is 11.5 Å². The Morgan fingerprint density at radius 1 is 0.971 bits per heavy atom. The number of carbonyl (C=O) groups is 1. The number of ether oxygens (including phenoxy) is 1. The maximum Gasteiger partial charge on any atom is 0.255 e. The summed E-state index contributed by atoms with van der Waals surface area (Å²) in [5, 5.41) is 5.52. The highest BCUT2D eigenvalue weighted by Crippen LogP contribution is 2.31. The Kier molecular flexibility index (Phi) is 6.19. The fourth-order valence-corrected chi connectivity index (χ4v) is 3.75. The summed E-state index contributed by atoms with van der Waals surface area (Å²) in [4.78, 5) is 23.4. The van der Waals surface area contributed by atoms with Crippen molar-refractivity contribution in [1.82, 2.24) is 15.3 Å². The van der Waals surface area contributed by atoms with Crippen LogP contribution in [0.25, 0.3) is 11.0 Å². The van der Waals surface area contributed by atoms with Crippen molar-refractivity contribution in [2.45, 2.75) is 0 Å². The molecule has 1 fully saturated rings. The Bertz CT molecular complexity index is 1410. The molecule has 178 valence electrons. The number of fused-ring (bicyclic) bond motifs is 1. The summed E-state index contributed by atoms with van der Waals surface area (Å²) in [5.41, 5.74) is 0.772. The predicted octanol–water partition coefficient (Wildman–Crippen LogP) is 4.50. The van der Waals surface area contributed by atoms with E-state index in [0.29, 0.717) is 11.0 Å². The molecule has 0 aliphatic carbocycles. The molecule has 1 amide bonds. The lowest BCUT2D eigenvalue weighted by atomic mass is 10.2. The van der Waals surface area contributed by atoms with Gasteiger partial charge in [-0.3, -0.25) is 9.78 Å². The van der Waals surface area contributed by atoms with E-state index in [4.69, 9.17) is 4.74 Å². The predicted molar refractivity (Wildman–Crippen MR) is 125 cm³/mol. The van der Waals surface area contributed by atoms with Gasteiger partial charge in [0.2, 0.25) is 5.82 Å². The third kappa shape index (κ3) is 4.87. The number of amides is 1. The highest BCUT2D eigenvalue weighted by molar-refractivity contribution is 6.04. The fraction of sp³-hybridized carbons (Fsp3) is 0.160. The molecule has 0 spiro atoms. The number of rotatable bonds is 5. The molecular formula is C25H20F3N5O2. The molecule has 35 heavy (non-hydrogen) atoms. The van der Waals surface area contributed by atoms with Crippen molar-refractivity contribution in [3.05, 3.63) is 83.8 Å². The summed E-state index contributed by atoms with van der Waals surface area (Å²) in [5.74, 6) is -3.35. The van der Waals surface area contributed by atoms with E-state index < -0.39 is 29.0 Å². The van der Waals surface area contributed by atoms with E-state index in [9.17, 15) is 18.0 Å². The van der Waals surface area contributed by atoms with E-state index in [1.807, 2.05) is 0 Å². The maximum absolute atomic E-state index is 14.7. The van der Waals surface area contributed by atoms with Gasteiger partial charge in [0, 0.05) is 37.8 Å². The van der Waals surface area contributed by atoms with Gasteiger partial charge < -0.3 is 20.3 Å². The summed E-state index contributed by atoms with van der Waals surface area (Å²) in [6.07, 6.45) is 1.71. The largest absolute Gasteiger partial charge is 0.454 e. The molecule has 0 bridgehead atoms. The number of halogens is 3. The minimum Gasteiger partial charge on any atom is -0.454 e. The van der Waals surface area contributed by atoms with E-state index in [1.165, 1.54) is 30.3 Å². The van der Waals surface area contributed by atoms with Crippen LogP contribution in [-0.4, -0.2) is 42.1 Å². The van der Waals surface area contributed by atoms with Crippen LogP contribution >= 0.6 is 0 Å². The number of benzene rings is 3. The quantitative estimate of drug-likeness (QED) is 0.439. The molecule has 5 rings (SSSR count). The van der Waals surface area contributed by atoms with Crippen LogP contribution in [0.5, 0.6) is 11.5 Å². The van der Waals surface area contributed by atoms with Gasteiger partial charge in [-0.2, -0.15) is 4.39 Å². The highest BCUT2D eigenvalue weighted by Gasteiger charge is 2.18. The number of hydrogen-bond acceptors (Lipinski definition) is 6. The molecule has 0 saturated carbocycles. The normalized spacial score (nSPS) is 13.6. The number of anilines is 2. The van der Waals surface area contributed by atoms with E-state index >= 15 is 0 Å². The monoisotopic (exact) mass is 479 g/mol. The van der Waals surface area contributed by atoms with Gasteiger partial charge >= 0.3 is 0 Å². The molecule has 2 N–H and O–H groups in total. The van der Waals surface area contributed by atoms with Crippen LogP contribution in [0, 0.1) is 17.5 Å². The van der Waals surface area contributed by atoms with Crippen molar-refractivity contribution in [1.29, 1.82) is 0 Å². The molecule has 0 atom stereocenters. The lowest BCUT2D eigenvalue weighted by Gasteiger charge is -2.28. The second kappa shape index (κ2) is 9.59. The zero-order valence-corrected chi connectivity index (χ0v) is 18.4. The van der Waals surface area contributed by atoms with Gasteiger partial charge in [0.1, 0.15) is 17.4 Å². The van der Waals surface area contributed by atoms with Gasteiger partial charge in [0.15, 0.2) is 11.6 Å². The SMILES string of the molecule is O=C(Nc1ccc(Oc2ccc3ncc(N4CCNCC4)nc3c2)c(F)c1F)c1cccc(F)c1. The zero-order chi connectivity index (χ0) is 24.4. The Balaban J connectivity index is 1.36. The van der Waals surface area contributed by atoms with Gasteiger partial charge in [-0.25, -0.2) is 13.8 Å². The first-order chi connectivity index (χ1) is 17.0. The number of hydrogen-bond donors (Lipinski definition) is 2. The van der Waals surface area contributed by atoms with Crippen molar-refractivity contribution >= 4 is 28.4 Å². The van der Waals surface area contributed by atoms with Crippen LogP contribution in [0.2, 0.25) is 0 Å². The summed E-state index contributed by atoms with van der Waals surface area (Å²) >= 11 is 0. The van der Waals surface area contributed by atoms with Crippen LogP contribution in [0.15, 0.2) is 60.8 Å². The standard InChI is InChI=1S/C25H20F3N5O2/c26-16-3-1-2-15(12-16)25(34)32-19-6-7-21(24(28)23(19)27)35-17-4-5-18-20(13-17)31-22(14-30-18)33-10-8-29-9-11-33/h1-7,12-14,29H,8-11H2,(H,32,34). The van der Waals surface area contributed by atoms with Crippen molar-refractivity contribution in [2.24, 2.45) is 0 Å². The topological polar surface area (TPSA) is 79.4 Å². The molecule has 7 nitrogen and oxygen atoms in total. The molecular weight excluding hydrogens is 459 g/mol. The summed E-state index contributed by atoms with van der Waals surface area (Å²) < 4.78 is 48.3. The van der Waals surface area contributed by atoms with Gasteiger partial charge in [0.25, 0.3) is 5.91 Å². The van der Waals surface area contributed by atoms with E-state index in [2.05, 4.69) is 25.5 Å². The smallest absolute Gasteiger partial charge is 0.255 e. The first-order valence-electron chi connectivity index (χ1n) is 10.9. The minimum absolute atomic E-state index is 0.0254. The number of aromatic nitrogens is 2. The molecule has 0 radical (unpaired) electrons. The van der Waals surface area contributed by atoms with Crippen LogP contribution < -0.4 is 20.3 Å². The Morgan fingerprint density at radius 3 is 2.60 bits per heavy atom. The summed E-state index contributed by atoms with van der Waals surface area (Å²) in [6.45, 7) is 3.32. The third-order valence-corrected chi connectivity index (χ3v) is 5.55. The number of nitrogens with zero attached hydrogens (tertiary/aromatic N) is 3.